The van der Waals surface area contributed by atoms with E-state index < -0.39 is 30.9 Å². The Bertz CT molecular complexity index is 836. The fraction of sp³-hybridized carbons (Fsp3) is 0.667. The Hall–Kier alpha value is -2.35. The molecule has 7 heteroatoms. The first kappa shape index (κ1) is 35.7. The zero-order chi connectivity index (χ0) is 29.4. The molecule has 0 aromatic heterocycles. The summed E-state index contributed by atoms with van der Waals surface area (Å²) in [6.45, 7) is 1.80. The number of unbranched alkanes of at least 4 members (excludes halogenated alkanes) is 15. The molecule has 7 nitrogen and oxygen atoms in total. The van der Waals surface area contributed by atoms with Gasteiger partial charge >= 0.3 is 5.97 Å². The van der Waals surface area contributed by atoms with Crippen LogP contribution >= 0.6 is 0 Å². The molecule has 0 spiro atoms. The number of hydrogen-bond donors (Lipinski definition) is 4. The first-order chi connectivity index (χ1) is 19.4. The van der Waals surface area contributed by atoms with Gasteiger partial charge in [-0.1, -0.05) is 115 Å². The van der Waals surface area contributed by atoms with Crippen LogP contribution in [0.2, 0.25) is 0 Å². The average molecular weight is 563 g/mol. The maximum atomic E-state index is 11.9. The zero-order valence-electron chi connectivity index (χ0n) is 24.8. The van der Waals surface area contributed by atoms with E-state index in [0.29, 0.717) is 11.3 Å². The van der Waals surface area contributed by atoms with E-state index in [9.17, 15) is 25.2 Å². The monoisotopic (exact) mass is 562 g/mol. The number of benzene rings is 1. The molecule has 40 heavy (non-hydrogen) atoms. The van der Waals surface area contributed by atoms with Crippen molar-refractivity contribution in [2.45, 2.75) is 128 Å². The van der Waals surface area contributed by atoms with Crippen molar-refractivity contribution in [2.24, 2.45) is 0 Å². The number of phenols is 1. The number of hydrogen-bond acceptors (Lipinski definition) is 7. The number of ether oxygens (including phenoxy) is 2. The number of aromatic hydroxyl groups is 1. The van der Waals surface area contributed by atoms with Crippen molar-refractivity contribution in [2.75, 3.05) is 13.7 Å². The molecule has 0 saturated heterocycles. The van der Waals surface area contributed by atoms with Crippen molar-refractivity contribution < 1.29 is 34.7 Å². The Morgan fingerprint density at radius 1 is 0.850 bits per heavy atom. The average Bonchev–Trinajstić information content (AvgIpc) is 2.95. The first-order valence-corrected chi connectivity index (χ1v) is 15.3. The van der Waals surface area contributed by atoms with Crippen LogP contribution in [0.5, 0.6) is 11.5 Å². The molecule has 4 N–H and O–H groups in total. The second kappa shape index (κ2) is 23.4. The summed E-state index contributed by atoms with van der Waals surface area (Å²) in [6, 6.07) is 4.65. The van der Waals surface area contributed by atoms with Gasteiger partial charge in [-0.05, 0) is 36.6 Å². The number of allylic oxidation sites excluding steroid dienone is 1. The van der Waals surface area contributed by atoms with Crippen LogP contribution in [0, 0.1) is 0 Å². The second-order valence-electron chi connectivity index (χ2n) is 10.6. The van der Waals surface area contributed by atoms with Gasteiger partial charge in [0.15, 0.2) is 11.5 Å². The molecular weight excluding hydrogens is 508 g/mol. The van der Waals surface area contributed by atoms with E-state index in [2.05, 4.69) is 6.92 Å². The predicted molar refractivity (Wildman–Crippen MR) is 161 cm³/mol. The number of esters is 1. The molecule has 0 radical (unpaired) electrons. The molecule has 0 bridgehead atoms. The fourth-order valence-corrected chi connectivity index (χ4v) is 4.50. The largest absolute Gasteiger partial charge is 0.504 e. The summed E-state index contributed by atoms with van der Waals surface area (Å²) in [5.41, 5.74) is 0.561. The van der Waals surface area contributed by atoms with Gasteiger partial charge in [-0.25, -0.2) is 4.79 Å². The Kier molecular flexibility index (Phi) is 20.8. The standard InChI is InChI=1S/C33H54O7/c1-3-4-5-6-7-8-9-10-11-12-13-14-15-16-17-18-19-20-28(34)33(38)30(36)26-40-32(37)24-22-27-21-23-31(39-2)29(35)25-27/h19-25,28,30,33-36,38H,3-18,26H2,1-2H3/b20-19-,24-22+. The highest BCUT2D eigenvalue weighted by Crippen LogP contribution is 2.26. The highest BCUT2D eigenvalue weighted by molar-refractivity contribution is 5.87. The molecule has 0 heterocycles. The first-order valence-electron chi connectivity index (χ1n) is 15.3. The third-order valence-corrected chi connectivity index (χ3v) is 7.06. The van der Waals surface area contributed by atoms with Crippen LogP contribution in [-0.4, -0.2) is 58.4 Å². The molecule has 0 aliphatic rings. The van der Waals surface area contributed by atoms with Gasteiger partial charge in [-0.3, -0.25) is 0 Å². The molecular formula is C33H54O7. The van der Waals surface area contributed by atoms with E-state index in [1.807, 2.05) is 6.08 Å². The molecule has 0 aliphatic carbocycles. The molecule has 0 fully saturated rings. The number of aliphatic hydroxyl groups is 3. The highest BCUT2D eigenvalue weighted by atomic mass is 16.5. The Labute approximate surface area is 241 Å². The van der Waals surface area contributed by atoms with E-state index in [1.54, 1.807) is 12.1 Å². The molecule has 1 rings (SSSR count). The van der Waals surface area contributed by atoms with Gasteiger partial charge in [0.25, 0.3) is 0 Å². The number of carbonyl (C=O) groups is 1. The van der Waals surface area contributed by atoms with E-state index in [0.717, 1.165) is 25.3 Å². The molecule has 228 valence electrons. The molecule has 0 saturated carbocycles. The molecule has 3 unspecified atom stereocenters. The third kappa shape index (κ3) is 17.4. The van der Waals surface area contributed by atoms with Gasteiger partial charge in [-0.15, -0.1) is 0 Å². The van der Waals surface area contributed by atoms with Crippen LogP contribution in [0.3, 0.4) is 0 Å². The summed E-state index contributed by atoms with van der Waals surface area (Å²) in [4.78, 5) is 11.9. The molecule has 1 aromatic carbocycles. The van der Waals surface area contributed by atoms with E-state index in [-0.39, 0.29) is 5.75 Å². The van der Waals surface area contributed by atoms with Crippen molar-refractivity contribution >= 4 is 12.0 Å². The lowest BCUT2D eigenvalue weighted by atomic mass is 10.0. The minimum atomic E-state index is -1.47. The summed E-state index contributed by atoms with van der Waals surface area (Å²) in [5.74, 6) is -0.461. The zero-order valence-corrected chi connectivity index (χ0v) is 24.8. The Morgan fingerprint density at radius 3 is 1.93 bits per heavy atom. The summed E-state index contributed by atoms with van der Waals surface area (Å²) in [7, 11) is 1.44. The van der Waals surface area contributed by atoms with Crippen molar-refractivity contribution in [3.05, 3.63) is 42.0 Å². The minimum absolute atomic E-state index is 0.0572. The minimum Gasteiger partial charge on any atom is -0.504 e. The summed E-state index contributed by atoms with van der Waals surface area (Å²) in [5, 5.41) is 40.1. The second-order valence-corrected chi connectivity index (χ2v) is 10.6. The lowest BCUT2D eigenvalue weighted by molar-refractivity contribution is -0.144. The Balaban J connectivity index is 2.07. The normalized spacial score (nSPS) is 14.0. The van der Waals surface area contributed by atoms with Gasteiger partial charge in [0, 0.05) is 6.08 Å². The van der Waals surface area contributed by atoms with Crippen LogP contribution in [0.4, 0.5) is 0 Å². The van der Waals surface area contributed by atoms with Crippen molar-refractivity contribution in [3.63, 3.8) is 0 Å². The number of carbonyl (C=O) groups excluding carboxylic acids is 1. The fourth-order valence-electron chi connectivity index (χ4n) is 4.50. The topological polar surface area (TPSA) is 116 Å². The highest BCUT2D eigenvalue weighted by Gasteiger charge is 2.23. The van der Waals surface area contributed by atoms with Gasteiger partial charge < -0.3 is 29.9 Å². The van der Waals surface area contributed by atoms with Gasteiger partial charge in [0.05, 0.1) is 7.11 Å². The molecule has 1 aromatic rings. The van der Waals surface area contributed by atoms with Gasteiger partial charge in [0.2, 0.25) is 0 Å². The van der Waals surface area contributed by atoms with Crippen molar-refractivity contribution in [1.29, 1.82) is 0 Å². The SMILES string of the molecule is CCCCCCCCCCCCCCCCC/C=C\C(O)C(O)C(O)COC(=O)/C=C/c1ccc(OC)c(O)c1. The number of aliphatic hydroxyl groups excluding tert-OH is 3. The maximum absolute atomic E-state index is 11.9. The van der Waals surface area contributed by atoms with Crippen LogP contribution in [-0.2, 0) is 9.53 Å². The summed E-state index contributed by atoms with van der Waals surface area (Å²) < 4.78 is 9.92. The molecule has 0 amide bonds. The maximum Gasteiger partial charge on any atom is 0.330 e. The third-order valence-electron chi connectivity index (χ3n) is 7.06. The lowest BCUT2D eigenvalue weighted by Crippen LogP contribution is -2.39. The molecule has 0 aliphatic heterocycles. The number of methoxy groups -OCH3 is 1. The van der Waals surface area contributed by atoms with Crippen molar-refractivity contribution in [1.82, 2.24) is 0 Å². The van der Waals surface area contributed by atoms with Crippen molar-refractivity contribution in [3.8, 4) is 11.5 Å². The Morgan fingerprint density at radius 2 is 1.40 bits per heavy atom. The lowest BCUT2D eigenvalue weighted by Gasteiger charge is -2.20. The van der Waals surface area contributed by atoms with Crippen LogP contribution in [0.1, 0.15) is 115 Å². The summed E-state index contributed by atoms with van der Waals surface area (Å²) >= 11 is 0. The smallest absolute Gasteiger partial charge is 0.330 e. The van der Waals surface area contributed by atoms with Crippen LogP contribution < -0.4 is 4.74 Å². The van der Waals surface area contributed by atoms with E-state index in [1.165, 1.54) is 109 Å². The van der Waals surface area contributed by atoms with Crippen LogP contribution in [0.25, 0.3) is 6.08 Å². The number of phenolic OH excluding ortho intramolecular Hbond substituents is 1. The van der Waals surface area contributed by atoms with E-state index in [4.69, 9.17) is 9.47 Å². The molecule has 3 atom stereocenters. The van der Waals surface area contributed by atoms with Gasteiger partial charge in [-0.2, -0.15) is 0 Å². The predicted octanol–water partition coefficient (Wildman–Crippen LogP) is 6.86. The summed E-state index contributed by atoms with van der Waals surface area (Å²) in [6.07, 6.45) is 22.3. The van der Waals surface area contributed by atoms with E-state index >= 15 is 0 Å². The van der Waals surface area contributed by atoms with Gasteiger partial charge in [0.1, 0.15) is 24.9 Å². The quantitative estimate of drug-likeness (QED) is 0.0471. The van der Waals surface area contributed by atoms with Crippen LogP contribution in [0.15, 0.2) is 36.4 Å². The number of rotatable bonds is 24.